The predicted octanol–water partition coefficient (Wildman–Crippen LogP) is -0.507. The van der Waals surface area contributed by atoms with Crippen LogP contribution in [-0.4, -0.2) is 57.6 Å². The molecule has 1 fully saturated rings. The van der Waals surface area contributed by atoms with Crippen molar-refractivity contribution >= 4 is 32.2 Å². The lowest BCUT2D eigenvalue weighted by Crippen LogP contribution is -2.27. The zero-order valence-corrected chi connectivity index (χ0v) is 14.8. The molecule has 1 aliphatic heterocycles. The molecule has 0 bridgehead atoms. The summed E-state index contributed by atoms with van der Waals surface area (Å²) in [6, 6.07) is 0. The molecule has 3 unspecified atom stereocenters. The van der Waals surface area contributed by atoms with Crippen molar-refractivity contribution in [1.29, 1.82) is 0 Å². The Kier molecular flexibility index (Phi) is 7.96. The summed E-state index contributed by atoms with van der Waals surface area (Å²) in [4.78, 5) is 0. The average Bonchev–Trinajstić information content (AvgIpc) is 2.72. The van der Waals surface area contributed by atoms with Crippen LogP contribution in [0.2, 0.25) is 0 Å². The molecular weight excluding hydrogens is 380 g/mol. The van der Waals surface area contributed by atoms with E-state index in [-0.39, 0.29) is 18.9 Å². The van der Waals surface area contributed by atoms with Gasteiger partial charge in [-0.15, -0.1) is 0 Å². The molecule has 138 valence electrons. The molecule has 0 aromatic carbocycles. The molecule has 0 aromatic heterocycles. The van der Waals surface area contributed by atoms with Crippen LogP contribution in [-0.2, 0) is 53.1 Å². The third-order valence-electron chi connectivity index (χ3n) is 2.40. The third kappa shape index (κ3) is 9.02. The van der Waals surface area contributed by atoms with Crippen LogP contribution in [0.1, 0.15) is 20.3 Å². The van der Waals surface area contributed by atoms with Crippen molar-refractivity contribution in [2.75, 3.05) is 19.8 Å². The number of hydrogen-bond acceptors (Lipinski definition) is 10. The molecule has 0 radical (unpaired) electrons. The standard InChI is InChI=1S/C9H18O11S3/c1-7(2)3-8(19-21(10)11)4-16-22(12,13)17-5-9-6-18-23(14,15)20-9/h7-9H,3-6H2,1-2H3,(H,10,11). The first-order valence-corrected chi connectivity index (χ1v) is 10.1. The maximum Gasteiger partial charge on any atom is 0.400 e. The molecule has 1 rings (SSSR count). The summed E-state index contributed by atoms with van der Waals surface area (Å²) in [6.07, 6.45) is -1.77. The highest BCUT2D eigenvalue weighted by Gasteiger charge is 2.32. The highest BCUT2D eigenvalue weighted by Crippen LogP contribution is 2.15. The SMILES string of the molecule is CC(C)CC(COS(=O)(=O)OCC1COS(=O)(=O)O1)OS(=O)O. The molecule has 0 saturated carbocycles. The van der Waals surface area contributed by atoms with Crippen LogP contribution >= 0.6 is 0 Å². The van der Waals surface area contributed by atoms with E-state index in [9.17, 15) is 21.0 Å². The van der Waals surface area contributed by atoms with Crippen LogP contribution < -0.4 is 0 Å². The molecule has 1 saturated heterocycles. The van der Waals surface area contributed by atoms with Crippen molar-refractivity contribution in [1.82, 2.24) is 0 Å². The molecule has 14 heteroatoms. The Bertz CT molecular complexity index is 596. The van der Waals surface area contributed by atoms with Crippen LogP contribution in [0.3, 0.4) is 0 Å². The van der Waals surface area contributed by atoms with Gasteiger partial charge in [0.1, 0.15) is 12.2 Å². The molecule has 23 heavy (non-hydrogen) atoms. The van der Waals surface area contributed by atoms with Crippen molar-refractivity contribution in [2.24, 2.45) is 5.92 Å². The van der Waals surface area contributed by atoms with Gasteiger partial charge in [0.15, 0.2) is 0 Å². The van der Waals surface area contributed by atoms with Crippen LogP contribution in [0.4, 0.5) is 0 Å². The van der Waals surface area contributed by atoms with E-state index in [0.717, 1.165) is 0 Å². The van der Waals surface area contributed by atoms with Gasteiger partial charge >= 0.3 is 32.2 Å². The number of hydrogen-bond donors (Lipinski definition) is 1. The minimum absolute atomic E-state index is 0.0602. The van der Waals surface area contributed by atoms with Crippen molar-refractivity contribution in [3.63, 3.8) is 0 Å². The van der Waals surface area contributed by atoms with E-state index in [2.05, 4.69) is 20.9 Å². The summed E-state index contributed by atoms with van der Waals surface area (Å²) < 4.78 is 86.3. The van der Waals surface area contributed by atoms with Gasteiger partial charge < -0.3 is 0 Å². The van der Waals surface area contributed by atoms with E-state index in [1.165, 1.54) is 0 Å². The second-order valence-corrected chi connectivity index (χ2v) is 8.11. The summed E-state index contributed by atoms with van der Waals surface area (Å²) in [6.45, 7) is 2.08. The van der Waals surface area contributed by atoms with E-state index in [4.69, 9.17) is 4.55 Å². The van der Waals surface area contributed by atoms with E-state index in [0.29, 0.717) is 0 Å². The van der Waals surface area contributed by atoms with Crippen LogP contribution in [0.15, 0.2) is 0 Å². The molecule has 0 aliphatic carbocycles. The topological polar surface area (TPSA) is 152 Å². The molecule has 0 spiro atoms. The fourth-order valence-electron chi connectivity index (χ4n) is 1.59. The van der Waals surface area contributed by atoms with E-state index < -0.39 is 57.6 Å². The van der Waals surface area contributed by atoms with E-state index in [1.54, 1.807) is 13.8 Å². The van der Waals surface area contributed by atoms with Gasteiger partial charge in [-0.1, -0.05) is 13.8 Å². The summed E-state index contributed by atoms with van der Waals surface area (Å²) in [5.74, 6) is 0.0602. The smallest absolute Gasteiger partial charge is 0.284 e. The second-order valence-electron chi connectivity index (χ2n) is 4.95. The van der Waals surface area contributed by atoms with Crippen molar-refractivity contribution in [3.8, 4) is 0 Å². The second kappa shape index (κ2) is 8.77. The number of rotatable bonds is 10. The van der Waals surface area contributed by atoms with Gasteiger partial charge in [-0.05, 0) is 12.3 Å². The lowest BCUT2D eigenvalue weighted by Gasteiger charge is -2.17. The maximum atomic E-state index is 11.5. The lowest BCUT2D eigenvalue weighted by molar-refractivity contribution is 0.0901. The van der Waals surface area contributed by atoms with Crippen LogP contribution in [0.25, 0.3) is 0 Å². The van der Waals surface area contributed by atoms with Crippen molar-refractivity contribution in [2.45, 2.75) is 32.5 Å². The largest absolute Gasteiger partial charge is 0.400 e. The van der Waals surface area contributed by atoms with Crippen molar-refractivity contribution in [3.05, 3.63) is 0 Å². The van der Waals surface area contributed by atoms with Crippen LogP contribution in [0.5, 0.6) is 0 Å². The zero-order valence-electron chi connectivity index (χ0n) is 12.3. The molecule has 0 aromatic rings. The molecule has 11 nitrogen and oxygen atoms in total. The van der Waals surface area contributed by atoms with Gasteiger partial charge in [0.25, 0.3) is 0 Å². The minimum atomic E-state index is -4.46. The summed E-state index contributed by atoms with van der Waals surface area (Å²) >= 11 is -2.57. The minimum Gasteiger partial charge on any atom is -0.284 e. The Hall–Kier alpha value is -0.190. The Balaban J connectivity index is 2.45. The van der Waals surface area contributed by atoms with Crippen LogP contribution in [0, 0.1) is 5.92 Å². The predicted molar refractivity (Wildman–Crippen MR) is 75.7 cm³/mol. The quantitative estimate of drug-likeness (QED) is 0.474. The van der Waals surface area contributed by atoms with Crippen molar-refractivity contribution < 1.29 is 46.5 Å². The highest BCUT2D eigenvalue weighted by atomic mass is 32.3. The molecule has 1 N–H and O–H groups in total. The monoisotopic (exact) mass is 398 g/mol. The Morgan fingerprint density at radius 1 is 1.35 bits per heavy atom. The first-order valence-electron chi connectivity index (χ1n) is 6.38. The van der Waals surface area contributed by atoms with E-state index in [1.807, 2.05) is 0 Å². The molecule has 1 heterocycles. The highest BCUT2D eigenvalue weighted by molar-refractivity contribution is 7.82. The summed E-state index contributed by atoms with van der Waals surface area (Å²) in [5.41, 5.74) is 0. The average molecular weight is 398 g/mol. The molecule has 0 amide bonds. The normalized spacial score (nSPS) is 23.9. The molecule has 1 aliphatic rings. The Morgan fingerprint density at radius 3 is 2.48 bits per heavy atom. The first-order chi connectivity index (χ1) is 10.5. The Morgan fingerprint density at radius 2 is 2.00 bits per heavy atom. The van der Waals surface area contributed by atoms with Gasteiger partial charge in [0.2, 0.25) is 0 Å². The molecule has 3 atom stereocenters. The van der Waals surface area contributed by atoms with Gasteiger partial charge in [-0.2, -0.15) is 21.0 Å². The lowest BCUT2D eigenvalue weighted by atomic mass is 10.1. The molecular formula is C9H18O11S3. The summed E-state index contributed by atoms with van der Waals surface area (Å²) in [5, 5.41) is 0. The first kappa shape index (κ1) is 20.9. The Labute approximate surface area is 137 Å². The van der Waals surface area contributed by atoms with Gasteiger partial charge in [0, 0.05) is 0 Å². The zero-order chi connectivity index (χ0) is 17.7. The third-order valence-corrected chi connectivity index (χ3v) is 4.62. The fraction of sp³-hybridized carbons (Fsp3) is 1.00. The summed E-state index contributed by atoms with van der Waals surface area (Å²) in [7, 11) is -8.58. The maximum absolute atomic E-state index is 11.5. The fourth-order valence-corrected chi connectivity index (χ4v) is 3.48. The van der Waals surface area contributed by atoms with Gasteiger partial charge in [-0.25, -0.2) is 16.7 Å². The van der Waals surface area contributed by atoms with E-state index >= 15 is 0 Å². The van der Waals surface area contributed by atoms with Gasteiger partial charge in [-0.3, -0.25) is 8.74 Å². The van der Waals surface area contributed by atoms with Gasteiger partial charge in [0.05, 0.1) is 19.8 Å².